The number of hydrogen-bond donors (Lipinski definition) is 2. The molecule has 2 heterocycles. The molecular weight excluding hydrogens is 560 g/mol. The Balaban J connectivity index is 0.00000330. The number of allylic oxidation sites excluding steroid dienone is 1. The lowest BCUT2D eigenvalue weighted by Crippen LogP contribution is -2.47. The fourth-order valence-electron chi connectivity index (χ4n) is 4.68. The molecule has 0 aromatic carbocycles. The van der Waals surface area contributed by atoms with Crippen LogP contribution < -0.4 is 5.73 Å². The first-order valence-corrected chi connectivity index (χ1v) is 15.6. The summed E-state index contributed by atoms with van der Waals surface area (Å²) in [6.45, 7) is 13.8. The zero-order valence-electron chi connectivity index (χ0n) is 26.9. The Bertz CT molecular complexity index is 1190. The Labute approximate surface area is 262 Å². The van der Waals surface area contributed by atoms with Crippen molar-refractivity contribution in [2.24, 2.45) is 21.8 Å². The number of nitrogens with two attached hydrogens (primary N) is 1. The molecule has 2 aliphatic rings. The lowest BCUT2D eigenvalue weighted by atomic mass is 10.2. The van der Waals surface area contributed by atoms with Gasteiger partial charge in [-0.2, -0.15) is 0 Å². The van der Waals surface area contributed by atoms with Gasteiger partial charge in [-0.25, -0.2) is 4.99 Å². The van der Waals surface area contributed by atoms with E-state index in [4.69, 9.17) is 10.7 Å². The van der Waals surface area contributed by atoms with Gasteiger partial charge in [0.05, 0.1) is 35.9 Å². The summed E-state index contributed by atoms with van der Waals surface area (Å²) in [7, 11) is 0. The third kappa shape index (κ3) is 14.9. The second-order valence-corrected chi connectivity index (χ2v) is 10.8. The van der Waals surface area contributed by atoms with E-state index in [2.05, 4.69) is 31.8 Å². The van der Waals surface area contributed by atoms with E-state index in [1.807, 2.05) is 61.8 Å². The summed E-state index contributed by atoms with van der Waals surface area (Å²) in [5.74, 6) is 5.33. The molecule has 0 radical (unpaired) electrons. The maximum absolute atomic E-state index is 12.0. The van der Waals surface area contributed by atoms with Gasteiger partial charge in [-0.15, -0.1) is 4.91 Å². The van der Waals surface area contributed by atoms with Gasteiger partial charge in [-0.1, -0.05) is 37.8 Å². The van der Waals surface area contributed by atoms with Crippen LogP contribution in [0.15, 0.2) is 40.1 Å². The van der Waals surface area contributed by atoms with Crippen LogP contribution in [0.3, 0.4) is 0 Å². The molecule has 0 bridgehead atoms. The van der Waals surface area contributed by atoms with Crippen molar-refractivity contribution in [3.05, 3.63) is 46.3 Å². The number of aliphatic carboxylic acids is 1. The predicted molar refractivity (Wildman–Crippen MR) is 174 cm³/mol. The highest BCUT2D eigenvalue weighted by molar-refractivity contribution is 5.99. The van der Waals surface area contributed by atoms with Crippen molar-refractivity contribution < 1.29 is 14.7 Å². The monoisotopic (exact) mass is 610 g/mol. The summed E-state index contributed by atoms with van der Waals surface area (Å²) in [5.41, 5.74) is 9.10. The Morgan fingerprint density at radius 2 is 1.50 bits per heavy atom. The summed E-state index contributed by atoms with van der Waals surface area (Å²) in [6.07, 6.45) is 4.29. The van der Waals surface area contributed by atoms with Crippen molar-refractivity contribution >= 4 is 17.6 Å². The molecule has 12 nitrogen and oxygen atoms in total. The molecule has 242 valence electrons. The van der Waals surface area contributed by atoms with E-state index >= 15 is 0 Å². The molecular formula is C32H50N8O4. The predicted octanol–water partition coefficient (Wildman–Crippen LogP) is 2.44. The molecule has 1 saturated heterocycles. The van der Waals surface area contributed by atoms with Gasteiger partial charge in [0.25, 0.3) is 5.91 Å². The molecule has 1 amide bonds. The molecule has 44 heavy (non-hydrogen) atoms. The second-order valence-electron chi connectivity index (χ2n) is 10.8. The fraction of sp³-hybridized carbons (Fsp3) is 0.625. The quantitative estimate of drug-likeness (QED) is 0.230. The highest BCUT2D eigenvalue weighted by Gasteiger charge is 2.21. The van der Waals surface area contributed by atoms with Crippen molar-refractivity contribution in [1.29, 1.82) is 0 Å². The Hall–Kier alpha value is -3.34. The smallest absolute Gasteiger partial charge is 0.317 e. The topological polar surface area (TPSA) is 148 Å². The first-order valence-electron chi connectivity index (χ1n) is 15.6. The third-order valence-corrected chi connectivity index (χ3v) is 7.27. The van der Waals surface area contributed by atoms with Gasteiger partial charge in [0.1, 0.15) is 0 Å². The molecule has 3 rings (SSSR count). The van der Waals surface area contributed by atoms with E-state index in [1.54, 1.807) is 0 Å². The number of aromatic nitrogens is 1. The summed E-state index contributed by atoms with van der Waals surface area (Å²) in [4.78, 5) is 52.3. The van der Waals surface area contributed by atoms with Gasteiger partial charge in [-0.05, 0) is 38.8 Å². The molecule has 1 aromatic heterocycles. The van der Waals surface area contributed by atoms with Gasteiger partial charge in [-0.3, -0.25) is 34.2 Å². The van der Waals surface area contributed by atoms with Crippen LogP contribution in [-0.4, -0.2) is 119 Å². The summed E-state index contributed by atoms with van der Waals surface area (Å²) in [6, 6.07) is 5.75. The van der Waals surface area contributed by atoms with E-state index in [-0.39, 0.29) is 13.1 Å². The molecule has 1 saturated carbocycles. The van der Waals surface area contributed by atoms with Gasteiger partial charge < -0.3 is 10.8 Å². The number of nitrogens with zero attached hydrogens (tertiary/aromatic N) is 7. The molecule has 0 atom stereocenters. The van der Waals surface area contributed by atoms with Crippen molar-refractivity contribution in [3.8, 4) is 11.8 Å². The zero-order chi connectivity index (χ0) is 32.3. The van der Waals surface area contributed by atoms with Gasteiger partial charge in [0.2, 0.25) is 0 Å². The molecule has 12 heteroatoms. The first kappa shape index (κ1) is 36.8. The number of carboxylic acids is 1. The normalized spacial score (nSPS) is 18.6. The highest BCUT2D eigenvalue weighted by atomic mass is 16.4. The maximum Gasteiger partial charge on any atom is 0.317 e. The molecule has 1 aliphatic heterocycles. The van der Waals surface area contributed by atoms with Crippen molar-refractivity contribution in [2.45, 2.75) is 53.6 Å². The average Bonchev–Trinajstić information content (AvgIpc) is 3.86. The van der Waals surface area contributed by atoms with Gasteiger partial charge in [0, 0.05) is 83.1 Å². The third-order valence-electron chi connectivity index (χ3n) is 7.27. The summed E-state index contributed by atoms with van der Waals surface area (Å²) >= 11 is 0. The van der Waals surface area contributed by atoms with Crippen LogP contribution in [0, 0.1) is 22.7 Å². The number of carbonyl (C=O) groups excluding carboxylic acids is 1. The van der Waals surface area contributed by atoms with Crippen LogP contribution in [0.25, 0.3) is 0 Å². The number of nitroso groups, excluding NO2 is 1. The van der Waals surface area contributed by atoms with Crippen LogP contribution in [0.2, 0.25) is 0 Å². The van der Waals surface area contributed by atoms with Gasteiger partial charge in [0.15, 0.2) is 0 Å². The fourth-order valence-corrected chi connectivity index (χ4v) is 4.68. The summed E-state index contributed by atoms with van der Waals surface area (Å²) in [5, 5.41) is 12.2. The first-order chi connectivity index (χ1) is 21.3. The Morgan fingerprint density at radius 3 is 2.02 bits per heavy atom. The lowest BCUT2D eigenvalue weighted by Gasteiger charge is -2.33. The Kier molecular flexibility index (Phi) is 17.2. The zero-order valence-corrected chi connectivity index (χ0v) is 26.9. The molecule has 2 fully saturated rings. The van der Waals surface area contributed by atoms with Crippen molar-refractivity contribution in [3.63, 3.8) is 0 Å². The molecule has 0 spiro atoms. The van der Waals surface area contributed by atoms with E-state index in [0.29, 0.717) is 77.9 Å². The molecule has 0 unspecified atom stereocenters. The minimum absolute atomic E-state index is 0.0539. The number of rotatable bonds is 10. The van der Waals surface area contributed by atoms with Crippen LogP contribution in [0.1, 0.15) is 51.9 Å². The average molecular weight is 611 g/mol. The van der Waals surface area contributed by atoms with E-state index in [1.165, 1.54) is 0 Å². The minimum Gasteiger partial charge on any atom is -0.480 e. The van der Waals surface area contributed by atoms with Crippen LogP contribution in [0.5, 0.6) is 0 Å². The van der Waals surface area contributed by atoms with Crippen LogP contribution in [0.4, 0.5) is 0 Å². The SMILES string of the molecule is C/C=C(/CN1CCN(CC(=O)O)CCN(Cc2cccc(CN)n2)CCN(CC(=O)N=O)CC1)N=C(C)C#CC1CC1.CC. The number of aliphatic imine (C=N–C) groups is 1. The van der Waals surface area contributed by atoms with Crippen LogP contribution in [-0.2, 0) is 22.7 Å². The number of carboxylic acid groups (broad SMARTS) is 1. The van der Waals surface area contributed by atoms with Gasteiger partial charge >= 0.3 is 5.97 Å². The van der Waals surface area contributed by atoms with E-state index in [9.17, 15) is 19.6 Å². The van der Waals surface area contributed by atoms with Crippen molar-refractivity contribution in [2.75, 3.05) is 72.0 Å². The largest absolute Gasteiger partial charge is 0.480 e. The standard InChI is InChI=1S/C30H44N8O4.C2H6/c1-3-26(32-24(2)7-8-25-9-10-25)20-35-11-15-37(22-29(39)34-42)16-12-36(14-18-38(17-13-35)23-30(40)41)21-28-6-4-5-27(19-31)33-28;1-2/h3-6,25H,9-23,31H2,1-2H3,(H,40,41);1-2H3/b26-3-,32-24?;. The molecule has 3 N–H and O–H groups in total. The lowest BCUT2D eigenvalue weighted by molar-refractivity contribution is -0.138. The second kappa shape index (κ2) is 20.6. The van der Waals surface area contributed by atoms with Crippen molar-refractivity contribution in [1.82, 2.24) is 24.6 Å². The van der Waals surface area contributed by atoms with E-state index < -0.39 is 11.9 Å². The number of carbonyl (C=O) groups is 2. The minimum atomic E-state index is -0.868. The number of amides is 1. The molecule has 1 aromatic rings. The number of pyridine rings is 1. The van der Waals surface area contributed by atoms with E-state index in [0.717, 1.165) is 35.6 Å². The van der Waals surface area contributed by atoms with Crippen LogP contribution >= 0.6 is 0 Å². The highest BCUT2D eigenvalue weighted by Crippen LogP contribution is 2.27. The maximum atomic E-state index is 12.0. The summed E-state index contributed by atoms with van der Waals surface area (Å²) < 4.78 is 0. The Morgan fingerprint density at radius 1 is 0.955 bits per heavy atom. The number of hydrogen-bond acceptors (Lipinski definition) is 10. The molecule has 1 aliphatic carbocycles.